The molecule has 1 aliphatic heterocycles. The lowest BCUT2D eigenvalue weighted by molar-refractivity contribution is -0.187. The highest BCUT2D eigenvalue weighted by Crippen LogP contribution is 2.38. The van der Waals surface area contributed by atoms with E-state index in [2.05, 4.69) is 10.2 Å². The maximum Gasteiger partial charge on any atom is 0.394 e. The summed E-state index contributed by atoms with van der Waals surface area (Å²) in [6.07, 6.45) is -4.68. The van der Waals surface area contributed by atoms with Crippen LogP contribution < -0.4 is 0 Å². The van der Waals surface area contributed by atoms with Crippen molar-refractivity contribution in [2.24, 2.45) is 11.8 Å². The summed E-state index contributed by atoms with van der Waals surface area (Å²) in [5, 5.41) is 15.6. The van der Waals surface area contributed by atoms with Gasteiger partial charge in [-0.05, 0) is 13.0 Å². The van der Waals surface area contributed by atoms with Crippen molar-refractivity contribution in [1.82, 2.24) is 15.1 Å². The molecule has 6 nitrogen and oxygen atoms in total. The molecule has 0 bridgehead atoms. The van der Waals surface area contributed by atoms with E-state index < -0.39 is 43.0 Å². The minimum atomic E-state index is -4.68. The standard InChI is InChI=1S/C17H16F3N3O3/c1-9-2-4-10(5-3-9)13-6-14(22-21-13)15(24)23-7-11(16(25)26)12(8-23)17(18,19)20/h2-6,11-12H,7-8H2,1H3,(H,21,22)(H,25,26)/t11-,12-/m1/s1. The van der Waals surface area contributed by atoms with Crippen LogP contribution in [0.2, 0.25) is 0 Å². The molecule has 0 radical (unpaired) electrons. The predicted molar refractivity (Wildman–Crippen MR) is 85.3 cm³/mol. The quantitative estimate of drug-likeness (QED) is 0.873. The number of aryl methyl sites for hydroxylation is 1. The summed E-state index contributed by atoms with van der Waals surface area (Å²) in [6.45, 7) is 0.752. The summed E-state index contributed by atoms with van der Waals surface area (Å²) < 4.78 is 39.1. The van der Waals surface area contributed by atoms with E-state index in [9.17, 15) is 22.8 Å². The number of rotatable bonds is 3. The summed E-state index contributed by atoms with van der Waals surface area (Å²) in [5.74, 6) is -6.01. The average Bonchev–Trinajstić information content (AvgIpc) is 3.22. The fourth-order valence-electron chi connectivity index (χ4n) is 3.03. The number of hydrogen-bond acceptors (Lipinski definition) is 3. The first-order valence-electron chi connectivity index (χ1n) is 7.88. The summed E-state index contributed by atoms with van der Waals surface area (Å²) in [4.78, 5) is 24.5. The third kappa shape index (κ3) is 3.42. The summed E-state index contributed by atoms with van der Waals surface area (Å²) in [5.41, 5.74) is 2.31. The average molecular weight is 367 g/mol. The first kappa shape index (κ1) is 18.0. The molecule has 26 heavy (non-hydrogen) atoms. The lowest BCUT2D eigenvalue weighted by atomic mass is 9.96. The number of likely N-dealkylation sites (tertiary alicyclic amines) is 1. The van der Waals surface area contributed by atoms with Gasteiger partial charge in [0, 0.05) is 18.7 Å². The Labute approximate surface area is 146 Å². The van der Waals surface area contributed by atoms with Crippen LogP contribution in [0.25, 0.3) is 11.3 Å². The number of halogens is 3. The van der Waals surface area contributed by atoms with Gasteiger partial charge in [0.05, 0.1) is 17.5 Å². The Kier molecular flexibility index (Phi) is 4.47. The summed E-state index contributed by atoms with van der Waals surface area (Å²) >= 11 is 0. The highest BCUT2D eigenvalue weighted by Gasteiger charge is 2.53. The zero-order valence-electron chi connectivity index (χ0n) is 13.7. The largest absolute Gasteiger partial charge is 0.481 e. The summed E-state index contributed by atoms with van der Waals surface area (Å²) in [6, 6.07) is 8.82. The maximum atomic E-state index is 13.0. The van der Waals surface area contributed by atoms with Gasteiger partial charge in [-0.3, -0.25) is 14.7 Å². The van der Waals surface area contributed by atoms with Crippen molar-refractivity contribution in [2.75, 3.05) is 13.1 Å². The normalized spacial score (nSPS) is 20.4. The number of carboxylic acid groups (broad SMARTS) is 1. The van der Waals surface area contributed by atoms with Crippen LogP contribution in [0.5, 0.6) is 0 Å². The smallest absolute Gasteiger partial charge is 0.394 e. The highest BCUT2D eigenvalue weighted by atomic mass is 19.4. The molecular formula is C17H16F3N3O3. The van der Waals surface area contributed by atoms with E-state index in [0.717, 1.165) is 16.0 Å². The van der Waals surface area contributed by atoms with Crippen molar-refractivity contribution >= 4 is 11.9 Å². The lowest BCUT2D eigenvalue weighted by Gasteiger charge is -2.18. The molecule has 0 unspecified atom stereocenters. The van der Waals surface area contributed by atoms with Crippen LogP contribution in [0.4, 0.5) is 13.2 Å². The van der Waals surface area contributed by atoms with Gasteiger partial charge in [0.25, 0.3) is 5.91 Å². The number of nitrogens with one attached hydrogen (secondary N) is 1. The van der Waals surface area contributed by atoms with Crippen LogP contribution >= 0.6 is 0 Å². The Bertz CT molecular complexity index is 830. The van der Waals surface area contributed by atoms with Crippen LogP contribution in [-0.4, -0.2) is 51.3 Å². The number of carbonyl (C=O) groups excluding carboxylic acids is 1. The van der Waals surface area contributed by atoms with Crippen LogP contribution in [-0.2, 0) is 4.79 Å². The van der Waals surface area contributed by atoms with E-state index in [1.807, 2.05) is 31.2 Å². The minimum Gasteiger partial charge on any atom is -0.481 e. The number of hydrogen-bond donors (Lipinski definition) is 2. The Balaban J connectivity index is 1.80. The number of H-pyrrole nitrogens is 1. The van der Waals surface area contributed by atoms with E-state index in [-0.39, 0.29) is 5.69 Å². The van der Waals surface area contributed by atoms with Gasteiger partial charge in [0.2, 0.25) is 0 Å². The number of aliphatic carboxylic acids is 1. The second kappa shape index (κ2) is 6.47. The predicted octanol–water partition coefficient (Wildman–Crippen LogP) is 2.72. The minimum absolute atomic E-state index is 0.0209. The number of carboxylic acids is 1. The molecule has 1 aliphatic rings. The molecule has 2 N–H and O–H groups in total. The molecule has 1 fully saturated rings. The Morgan fingerprint density at radius 3 is 2.42 bits per heavy atom. The van der Waals surface area contributed by atoms with Crippen molar-refractivity contribution in [3.63, 3.8) is 0 Å². The third-order valence-corrected chi connectivity index (χ3v) is 4.50. The molecule has 0 spiro atoms. The van der Waals surface area contributed by atoms with Gasteiger partial charge in [-0.1, -0.05) is 29.8 Å². The Hall–Kier alpha value is -2.84. The van der Waals surface area contributed by atoms with Gasteiger partial charge >= 0.3 is 12.1 Å². The molecule has 0 aliphatic carbocycles. The number of amides is 1. The number of benzene rings is 1. The lowest BCUT2D eigenvalue weighted by Crippen LogP contribution is -2.34. The first-order chi connectivity index (χ1) is 12.2. The second-order valence-electron chi connectivity index (χ2n) is 6.34. The molecule has 1 aromatic heterocycles. The van der Waals surface area contributed by atoms with Gasteiger partial charge in [-0.2, -0.15) is 18.3 Å². The van der Waals surface area contributed by atoms with Crippen molar-refractivity contribution in [3.05, 3.63) is 41.6 Å². The number of aromatic amines is 1. The van der Waals surface area contributed by atoms with Crippen molar-refractivity contribution in [2.45, 2.75) is 13.1 Å². The van der Waals surface area contributed by atoms with E-state index in [1.165, 1.54) is 6.07 Å². The van der Waals surface area contributed by atoms with Crippen molar-refractivity contribution in [1.29, 1.82) is 0 Å². The zero-order valence-corrected chi connectivity index (χ0v) is 13.7. The SMILES string of the molecule is Cc1ccc(-c2cc(C(=O)N3C[C@@H](C(F)(F)F)[C@H](C(=O)O)C3)[nH]n2)cc1. The van der Waals surface area contributed by atoms with Gasteiger partial charge in [-0.25, -0.2) is 0 Å². The molecule has 2 atom stereocenters. The van der Waals surface area contributed by atoms with E-state index in [1.54, 1.807) is 0 Å². The van der Waals surface area contributed by atoms with Crippen LogP contribution in [0, 0.1) is 18.8 Å². The molecule has 138 valence electrons. The number of alkyl halides is 3. The van der Waals surface area contributed by atoms with Crippen LogP contribution in [0.15, 0.2) is 30.3 Å². The monoisotopic (exact) mass is 367 g/mol. The van der Waals surface area contributed by atoms with Gasteiger partial charge in [-0.15, -0.1) is 0 Å². The Morgan fingerprint density at radius 2 is 1.88 bits per heavy atom. The van der Waals surface area contributed by atoms with E-state index in [4.69, 9.17) is 5.11 Å². The second-order valence-corrected chi connectivity index (χ2v) is 6.34. The van der Waals surface area contributed by atoms with Crippen molar-refractivity contribution in [3.8, 4) is 11.3 Å². The van der Waals surface area contributed by atoms with E-state index in [0.29, 0.717) is 5.69 Å². The molecule has 1 saturated heterocycles. The van der Waals surface area contributed by atoms with Crippen LogP contribution in [0.1, 0.15) is 16.1 Å². The van der Waals surface area contributed by atoms with Gasteiger partial charge in [0.1, 0.15) is 5.69 Å². The van der Waals surface area contributed by atoms with Gasteiger partial charge in [0.15, 0.2) is 0 Å². The molecule has 2 heterocycles. The number of aromatic nitrogens is 2. The third-order valence-electron chi connectivity index (χ3n) is 4.50. The molecule has 9 heteroatoms. The molecule has 3 rings (SSSR count). The molecule has 1 amide bonds. The molecule has 1 aromatic carbocycles. The van der Waals surface area contributed by atoms with E-state index >= 15 is 0 Å². The molecular weight excluding hydrogens is 351 g/mol. The first-order valence-corrected chi connectivity index (χ1v) is 7.88. The maximum absolute atomic E-state index is 13.0. The fraction of sp³-hybridized carbons (Fsp3) is 0.353. The zero-order chi connectivity index (χ0) is 19.1. The number of carbonyl (C=O) groups is 2. The molecule has 0 saturated carbocycles. The molecule has 2 aromatic rings. The fourth-order valence-corrected chi connectivity index (χ4v) is 3.03. The van der Waals surface area contributed by atoms with Gasteiger partial charge < -0.3 is 10.0 Å². The highest BCUT2D eigenvalue weighted by molar-refractivity contribution is 5.94. The summed E-state index contributed by atoms with van der Waals surface area (Å²) in [7, 11) is 0. The van der Waals surface area contributed by atoms with Crippen LogP contribution in [0.3, 0.4) is 0 Å². The van der Waals surface area contributed by atoms with Crippen molar-refractivity contribution < 1.29 is 27.9 Å². The topological polar surface area (TPSA) is 86.3 Å². The Morgan fingerprint density at radius 1 is 1.23 bits per heavy atom. The number of nitrogens with zero attached hydrogens (tertiary/aromatic N) is 2.